The Hall–Kier alpha value is -1.15. The number of piperazine rings is 1. The summed E-state index contributed by atoms with van der Waals surface area (Å²) < 4.78 is 28.2. The maximum absolute atomic E-state index is 14.1. The van der Waals surface area contributed by atoms with Crippen molar-refractivity contribution in [1.29, 1.82) is 0 Å². The zero-order chi connectivity index (χ0) is 14.8. The number of phenols is 2. The van der Waals surface area contributed by atoms with Gasteiger partial charge in [-0.15, -0.1) is 12.4 Å². The molecule has 0 amide bonds. The van der Waals surface area contributed by atoms with Gasteiger partial charge in [0, 0.05) is 32.2 Å². The first-order valence-electron chi connectivity index (χ1n) is 6.40. The van der Waals surface area contributed by atoms with Crippen molar-refractivity contribution in [3.63, 3.8) is 0 Å². The fourth-order valence-electron chi connectivity index (χ4n) is 2.52. The van der Waals surface area contributed by atoms with Gasteiger partial charge < -0.3 is 20.6 Å². The lowest BCUT2D eigenvalue weighted by molar-refractivity contribution is -0.118. The number of rotatable bonds is 4. The fourth-order valence-corrected chi connectivity index (χ4v) is 2.52. The number of nitrogens with one attached hydrogen (secondary N) is 1. The molecule has 4 N–H and O–H groups in total. The smallest absolute Gasteiger partial charge is 0.289 e. The molecule has 0 saturated carbocycles. The number of phenolic OH excluding ortho intramolecular Hbond substituents is 2. The van der Waals surface area contributed by atoms with E-state index in [9.17, 15) is 19.0 Å². The Balaban J connectivity index is 0.00000220. The van der Waals surface area contributed by atoms with Gasteiger partial charge in [-0.05, 0) is 17.7 Å². The predicted molar refractivity (Wildman–Crippen MR) is 76.2 cm³/mol. The molecule has 21 heavy (non-hydrogen) atoms. The Labute approximate surface area is 127 Å². The number of aliphatic hydroxyl groups excluding tert-OH is 1. The third-order valence-electron chi connectivity index (χ3n) is 3.37. The molecule has 1 heterocycles. The second-order valence-electron chi connectivity index (χ2n) is 4.89. The van der Waals surface area contributed by atoms with Crippen LogP contribution in [-0.4, -0.2) is 58.9 Å². The van der Waals surface area contributed by atoms with E-state index in [0.717, 1.165) is 6.07 Å². The highest BCUT2D eigenvalue weighted by Gasteiger charge is 2.44. The van der Waals surface area contributed by atoms with Gasteiger partial charge in [0.1, 0.15) is 24.1 Å². The highest BCUT2D eigenvalue weighted by atomic mass is 35.5. The van der Waals surface area contributed by atoms with E-state index in [4.69, 9.17) is 5.11 Å². The van der Waals surface area contributed by atoms with Gasteiger partial charge in [0.2, 0.25) is 0 Å². The van der Waals surface area contributed by atoms with Gasteiger partial charge >= 0.3 is 0 Å². The summed E-state index contributed by atoms with van der Waals surface area (Å²) in [7, 11) is 0. The summed E-state index contributed by atoms with van der Waals surface area (Å²) in [5, 5.41) is 31.0. The van der Waals surface area contributed by atoms with Crippen LogP contribution in [0.3, 0.4) is 0 Å². The molecule has 0 unspecified atom stereocenters. The van der Waals surface area contributed by atoms with Crippen LogP contribution in [0.15, 0.2) is 18.2 Å². The highest BCUT2D eigenvalue weighted by Crippen LogP contribution is 2.38. The van der Waals surface area contributed by atoms with Gasteiger partial charge in [0.15, 0.2) is 0 Å². The number of hydrogen-bond donors (Lipinski definition) is 4. The molecule has 0 spiro atoms. The SMILES string of the molecule is Cl.OCC(F)(F)[C@H](c1cc(O)cc(O)c1)N1CCNCC1. The standard InChI is InChI=1S/C13H18F2N2O3.ClH/c14-13(15,8-18)12(17-3-1-16-2-4-17)9-5-10(19)7-11(20)6-9;/h5-7,12,16,18-20H,1-4,8H2;1H/t12-;/m0./s1. The van der Waals surface area contributed by atoms with Crippen LogP contribution in [0.4, 0.5) is 8.78 Å². The monoisotopic (exact) mass is 324 g/mol. The van der Waals surface area contributed by atoms with Crippen molar-refractivity contribution in [3.05, 3.63) is 23.8 Å². The molecule has 0 radical (unpaired) electrons. The number of aliphatic hydroxyl groups is 1. The van der Waals surface area contributed by atoms with Crippen LogP contribution in [0.5, 0.6) is 11.5 Å². The van der Waals surface area contributed by atoms with E-state index in [1.165, 1.54) is 12.1 Å². The van der Waals surface area contributed by atoms with Crippen LogP contribution in [0, 0.1) is 0 Å². The van der Waals surface area contributed by atoms with Gasteiger partial charge in [0.05, 0.1) is 0 Å². The van der Waals surface area contributed by atoms with E-state index in [-0.39, 0.29) is 29.5 Å². The summed E-state index contributed by atoms with van der Waals surface area (Å²) in [5.41, 5.74) is 0.0865. The van der Waals surface area contributed by atoms with E-state index in [1.54, 1.807) is 4.90 Å². The zero-order valence-electron chi connectivity index (χ0n) is 11.3. The minimum atomic E-state index is -3.36. The summed E-state index contributed by atoms with van der Waals surface area (Å²) >= 11 is 0. The molecule has 0 bridgehead atoms. The molecule has 1 saturated heterocycles. The highest BCUT2D eigenvalue weighted by molar-refractivity contribution is 5.85. The Morgan fingerprint density at radius 3 is 2.14 bits per heavy atom. The lowest BCUT2D eigenvalue weighted by Crippen LogP contribution is -2.51. The lowest BCUT2D eigenvalue weighted by Gasteiger charge is -2.38. The summed E-state index contributed by atoms with van der Waals surface area (Å²) in [6.45, 7) is 0.650. The molecule has 1 aromatic carbocycles. The number of alkyl halides is 2. The molecule has 0 aromatic heterocycles. The number of benzene rings is 1. The topological polar surface area (TPSA) is 76.0 Å². The lowest BCUT2D eigenvalue weighted by atomic mass is 9.97. The number of halogens is 3. The average molecular weight is 325 g/mol. The third kappa shape index (κ3) is 4.16. The third-order valence-corrected chi connectivity index (χ3v) is 3.37. The largest absolute Gasteiger partial charge is 0.508 e. The van der Waals surface area contributed by atoms with Gasteiger partial charge in [-0.3, -0.25) is 4.90 Å². The summed E-state index contributed by atoms with van der Waals surface area (Å²) in [4.78, 5) is 1.54. The van der Waals surface area contributed by atoms with Crippen molar-refractivity contribution in [2.75, 3.05) is 32.8 Å². The Morgan fingerprint density at radius 1 is 1.14 bits per heavy atom. The van der Waals surface area contributed by atoms with E-state index < -0.39 is 18.6 Å². The molecular formula is C13H19ClF2N2O3. The van der Waals surface area contributed by atoms with Gasteiger partial charge in [-0.1, -0.05) is 0 Å². The van der Waals surface area contributed by atoms with Crippen LogP contribution in [0.2, 0.25) is 0 Å². The summed E-state index contributed by atoms with van der Waals surface area (Å²) in [6, 6.07) is 2.08. The van der Waals surface area contributed by atoms with E-state index in [2.05, 4.69) is 5.32 Å². The van der Waals surface area contributed by atoms with Gasteiger partial charge in [-0.25, -0.2) is 8.78 Å². The molecule has 1 fully saturated rings. The van der Waals surface area contributed by atoms with E-state index in [0.29, 0.717) is 26.2 Å². The predicted octanol–water partition coefficient (Wildman–Crippen LogP) is 1.09. The van der Waals surface area contributed by atoms with Crippen LogP contribution < -0.4 is 5.32 Å². The Morgan fingerprint density at radius 2 is 1.67 bits per heavy atom. The molecule has 1 aromatic rings. The van der Waals surface area contributed by atoms with Crippen LogP contribution in [-0.2, 0) is 0 Å². The molecule has 2 rings (SSSR count). The fraction of sp³-hybridized carbons (Fsp3) is 0.538. The molecular weight excluding hydrogens is 306 g/mol. The number of nitrogens with zero attached hydrogens (tertiary/aromatic N) is 1. The molecule has 8 heteroatoms. The van der Waals surface area contributed by atoms with Crippen molar-refractivity contribution < 1.29 is 24.1 Å². The maximum atomic E-state index is 14.1. The molecule has 1 aliphatic heterocycles. The van der Waals surface area contributed by atoms with Crippen molar-refractivity contribution in [3.8, 4) is 11.5 Å². The molecule has 120 valence electrons. The van der Waals surface area contributed by atoms with Crippen LogP contribution >= 0.6 is 12.4 Å². The number of aromatic hydroxyl groups is 2. The molecule has 1 aliphatic rings. The summed E-state index contributed by atoms with van der Waals surface area (Å²) in [6.07, 6.45) is 0. The molecule has 1 atom stereocenters. The summed E-state index contributed by atoms with van der Waals surface area (Å²) in [5.74, 6) is -3.93. The second kappa shape index (κ2) is 7.22. The van der Waals surface area contributed by atoms with Crippen molar-refractivity contribution >= 4 is 12.4 Å². The Kier molecular flexibility index (Phi) is 6.15. The zero-order valence-corrected chi connectivity index (χ0v) is 12.1. The van der Waals surface area contributed by atoms with E-state index in [1.807, 2.05) is 0 Å². The van der Waals surface area contributed by atoms with Crippen molar-refractivity contribution in [1.82, 2.24) is 10.2 Å². The van der Waals surface area contributed by atoms with Crippen molar-refractivity contribution in [2.24, 2.45) is 0 Å². The average Bonchev–Trinajstić information content (AvgIpc) is 2.39. The first-order chi connectivity index (χ1) is 9.44. The first kappa shape index (κ1) is 17.9. The molecule has 5 nitrogen and oxygen atoms in total. The minimum Gasteiger partial charge on any atom is -0.508 e. The molecule has 0 aliphatic carbocycles. The normalized spacial score (nSPS) is 18.0. The maximum Gasteiger partial charge on any atom is 0.289 e. The van der Waals surface area contributed by atoms with Crippen LogP contribution in [0.1, 0.15) is 11.6 Å². The first-order valence-corrected chi connectivity index (χ1v) is 6.40. The van der Waals surface area contributed by atoms with Crippen LogP contribution in [0.25, 0.3) is 0 Å². The number of hydrogen-bond acceptors (Lipinski definition) is 5. The van der Waals surface area contributed by atoms with Crippen molar-refractivity contribution in [2.45, 2.75) is 12.0 Å². The quantitative estimate of drug-likeness (QED) is 0.667. The van der Waals surface area contributed by atoms with Gasteiger partial charge in [-0.2, -0.15) is 0 Å². The second-order valence-corrected chi connectivity index (χ2v) is 4.89. The minimum absolute atomic E-state index is 0. The van der Waals surface area contributed by atoms with E-state index >= 15 is 0 Å². The Bertz CT molecular complexity index is 450. The van der Waals surface area contributed by atoms with Gasteiger partial charge in [0.25, 0.3) is 5.92 Å².